The summed E-state index contributed by atoms with van der Waals surface area (Å²) in [6.45, 7) is 8.17. The van der Waals surface area contributed by atoms with Gasteiger partial charge in [-0.15, -0.1) is 0 Å². The molecular weight excluding hydrogens is 274 g/mol. The Hall–Kier alpha value is -0.470. The number of nitrogens with one attached hydrogen (secondary N) is 1. The summed E-state index contributed by atoms with van der Waals surface area (Å²) < 4.78 is 0. The summed E-state index contributed by atoms with van der Waals surface area (Å²) in [4.78, 5) is 0. The Morgan fingerprint density at radius 3 is 2.67 bits per heavy atom. The predicted octanol–water partition coefficient (Wildman–Crippen LogP) is 5.43. The first-order valence-electron chi connectivity index (χ1n) is 8.64. The van der Waals surface area contributed by atoms with Crippen LogP contribution in [0.5, 0.6) is 0 Å². The van der Waals surface area contributed by atoms with Crippen LogP contribution in [0.15, 0.2) is 30.3 Å². The summed E-state index contributed by atoms with van der Waals surface area (Å²) >= 11 is 2.22. The topological polar surface area (TPSA) is 12.0 Å². The molecule has 0 radical (unpaired) electrons. The average Bonchev–Trinajstić information content (AvgIpc) is 2.49. The molecule has 1 fully saturated rings. The monoisotopic (exact) mass is 305 g/mol. The highest BCUT2D eigenvalue weighted by Gasteiger charge is 2.25. The quantitative estimate of drug-likeness (QED) is 0.721. The van der Waals surface area contributed by atoms with Crippen LogP contribution in [0.3, 0.4) is 0 Å². The van der Waals surface area contributed by atoms with Crippen LogP contribution in [0, 0.1) is 5.92 Å². The van der Waals surface area contributed by atoms with Crippen molar-refractivity contribution in [2.24, 2.45) is 5.92 Å². The zero-order valence-electron chi connectivity index (χ0n) is 13.8. The molecule has 1 N–H and O–H groups in total. The van der Waals surface area contributed by atoms with Crippen LogP contribution >= 0.6 is 11.8 Å². The molecule has 1 saturated carbocycles. The predicted molar refractivity (Wildman–Crippen MR) is 95.9 cm³/mol. The minimum absolute atomic E-state index is 0.480. The Kier molecular flexibility index (Phi) is 7.12. The second-order valence-electron chi connectivity index (χ2n) is 6.58. The van der Waals surface area contributed by atoms with E-state index in [4.69, 9.17) is 0 Å². The SMILES string of the molecule is CCCNC(c1ccccc1)C(C)SC1CCCC(C)C1. The summed E-state index contributed by atoms with van der Waals surface area (Å²) in [6, 6.07) is 11.5. The lowest BCUT2D eigenvalue weighted by Gasteiger charge is -2.32. The average molecular weight is 306 g/mol. The van der Waals surface area contributed by atoms with Crippen LogP contribution in [0.25, 0.3) is 0 Å². The van der Waals surface area contributed by atoms with E-state index in [0.29, 0.717) is 11.3 Å². The molecule has 1 aromatic carbocycles. The van der Waals surface area contributed by atoms with Crippen molar-refractivity contribution in [1.82, 2.24) is 5.32 Å². The third kappa shape index (κ3) is 5.34. The molecule has 0 aliphatic heterocycles. The van der Waals surface area contributed by atoms with E-state index in [9.17, 15) is 0 Å². The molecule has 4 unspecified atom stereocenters. The standard InChI is InChI=1S/C19H31NS/c1-4-13-20-19(17-10-6-5-7-11-17)16(3)21-18-12-8-9-15(2)14-18/h5-7,10-11,15-16,18-20H,4,8-9,12-14H2,1-3H3. The Morgan fingerprint density at radius 2 is 2.00 bits per heavy atom. The van der Waals surface area contributed by atoms with E-state index < -0.39 is 0 Å². The van der Waals surface area contributed by atoms with Gasteiger partial charge in [0, 0.05) is 16.5 Å². The van der Waals surface area contributed by atoms with Gasteiger partial charge in [0.15, 0.2) is 0 Å². The van der Waals surface area contributed by atoms with Gasteiger partial charge in [-0.05, 0) is 37.3 Å². The third-order valence-corrected chi connectivity index (χ3v) is 6.05. The summed E-state index contributed by atoms with van der Waals surface area (Å²) in [6.07, 6.45) is 6.87. The van der Waals surface area contributed by atoms with E-state index in [-0.39, 0.29) is 0 Å². The van der Waals surface area contributed by atoms with Gasteiger partial charge in [-0.1, -0.05) is 63.9 Å². The molecule has 1 aliphatic carbocycles. The van der Waals surface area contributed by atoms with Crippen LogP contribution in [0.1, 0.15) is 64.5 Å². The Bertz CT molecular complexity index is 392. The Balaban J connectivity index is 1.98. The smallest absolute Gasteiger partial charge is 0.0438 e. The molecule has 1 aromatic rings. The van der Waals surface area contributed by atoms with Crippen molar-refractivity contribution in [1.29, 1.82) is 0 Å². The Morgan fingerprint density at radius 1 is 1.24 bits per heavy atom. The first kappa shape index (κ1) is 16.9. The molecule has 0 amide bonds. The summed E-state index contributed by atoms with van der Waals surface area (Å²) in [5.74, 6) is 0.919. The first-order chi connectivity index (χ1) is 10.2. The van der Waals surface area contributed by atoms with Crippen LogP contribution in [0.2, 0.25) is 0 Å². The maximum absolute atomic E-state index is 3.77. The van der Waals surface area contributed by atoms with E-state index >= 15 is 0 Å². The van der Waals surface area contributed by atoms with Gasteiger partial charge in [-0.3, -0.25) is 0 Å². The number of hydrogen-bond acceptors (Lipinski definition) is 2. The molecule has 4 atom stereocenters. The van der Waals surface area contributed by atoms with Gasteiger partial charge in [-0.2, -0.15) is 11.8 Å². The van der Waals surface area contributed by atoms with Gasteiger partial charge in [0.05, 0.1) is 0 Å². The number of rotatable bonds is 7. The van der Waals surface area contributed by atoms with Crippen molar-refractivity contribution in [3.63, 3.8) is 0 Å². The number of hydrogen-bond donors (Lipinski definition) is 1. The van der Waals surface area contributed by atoms with Gasteiger partial charge >= 0.3 is 0 Å². The maximum atomic E-state index is 3.77. The van der Waals surface area contributed by atoms with Crippen molar-refractivity contribution in [3.05, 3.63) is 35.9 Å². The molecule has 0 spiro atoms. The van der Waals surface area contributed by atoms with E-state index in [2.05, 4.69) is 68.2 Å². The van der Waals surface area contributed by atoms with Crippen molar-refractivity contribution in [2.75, 3.05) is 6.54 Å². The highest BCUT2D eigenvalue weighted by molar-refractivity contribution is 8.00. The third-order valence-electron chi connectivity index (χ3n) is 4.54. The van der Waals surface area contributed by atoms with E-state index in [1.165, 1.54) is 37.7 Å². The maximum Gasteiger partial charge on any atom is 0.0438 e. The van der Waals surface area contributed by atoms with Gasteiger partial charge in [0.2, 0.25) is 0 Å². The normalized spacial score (nSPS) is 25.5. The lowest BCUT2D eigenvalue weighted by molar-refractivity contribution is 0.392. The van der Waals surface area contributed by atoms with Crippen LogP contribution in [0.4, 0.5) is 0 Å². The van der Waals surface area contributed by atoms with Crippen LogP contribution in [-0.2, 0) is 0 Å². The Labute approximate surface area is 135 Å². The van der Waals surface area contributed by atoms with Crippen LogP contribution < -0.4 is 5.32 Å². The molecule has 0 heterocycles. The highest BCUT2D eigenvalue weighted by atomic mass is 32.2. The summed E-state index contributed by atoms with van der Waals surface area (Å²) in [7, 11) is 0. The number of thioether (sulfide) groups is 1. The molecule has 118 valence electrons. The molecule has 0 saturated heterocycles. The molecule has 21 heavy (non-hydrogen) atoms. The molecule has 2 heteroatoms. The highest BCUT2D eigenvalue weighted by Crippen LogP contribution is 2.37. The molecule has 0 aromatic heterocycles. The molecule has 1 aliphatic rings. The first-order valence-corrected chi connectivity index (χ1v) is 9.58. The molecular formula is C19H31NS. The van der Waals surface area contributed by atoms with Gasteiger partial charge < -0.3 is 5.32 Å². The fourth-order valence-corrected chi connectivity index (χ4v) is 5.16. The van der Waals surface area contributed by atoms with Gasteiger partial charge in [0.1, 0.15) is 0 Å². The minimum Gasteiger partial charge on any atom is -0.309 e. The molecule has 2 rings (SSSR count). The van der Waals surface area contributed by atoms with Crippen molar-refractivity contribution < 1.29 is 0 Å². The fourth-order valence-electron chi connectivity index (χ4n) is 3.40. The lowest BCUT2D eigenvalue weighted by Crippen LogP contribution is -2.31. The zero-order chi connectivity index (χ0) is 15.1. The summed E-state index contributed by atoms with van der Waals surface area (Å²) in [5, 5.41) is 5.26. The second-order valence-corrected chi connectivity index (χ2v) is 8.26. The van der Waals surface area contributed by atoms with Gasteiger partial charge in [0.25, 0.3) is 0 Å². The molecule has 0 bridgehead atoms. The van der Waals surface area contributed by atoms with Crippen LogP contribution in [-0.4, -0.2) is 17.0 Å². The molecule has 1 nitrogen and oxygen atoms in total. The minimum atomic E-state index is 0.480. The van der Waals surface area contributed by atoms with Crippen molar-refractivity contribution in [2.45, 2.75) is 69.4 Å². The lowest BCUT2D eigenvalue weighted by atomic mass is 9.90. The van der Waals surface area contributed by atoms with Gasteiger partial charge in [-0.25, -0.2) is 0 Å². The van der Waals surface area contributed by atoms with Crippen molar-refractivity contribution in [3.8, 4) is 0 Å². The number of benzene rings is 1. The summed E-state index contributed by atoms with van der Waals surface area (Å²) in [5.41, 5.74) is 1.44. The largest absolute Gasteiger partial charge is 0.309 e. The van der Waals surface area contributed by atoms with E-state index in [1.807, 2.05) is 0 Å². The zero-order valence-corrected chi connectivity index (χ0v) is 14.7. The van der Waals surface area contributed by atoms with E-state index in [0.717, 1.165) is 17.7 Å². The second kappa shape index (κ2) is 8.85. The fraction of sp³-hybridized carbons (Fsp3) is 0.684. The van der Waals surface area contributed by atoms with E-state index in [1.54, 1.807) is 0 Å². The van der Waals surface area contributed by atoms with Crippen molar-refractivity contribution >= 4 is 11.8 Å².